The number of hydrogen-bond acceptors (Lipinski definition) is 2. The summed E-state index contributed by atoms with van der Waals surface area (Å²) in [6.45, 7) is 5.12. The molecule has 2 aromatic rings. The molecular formula is C20H24N2. The summed E-state index contributed by atoms with van der Waals surface area (Å²) in [5.41, 5.74) is 12.3. The maximum atomic E-state index is 6.13. The van der Waals surface area contributed by atoms with Gasteiger partial charge in [0.1, 0.15) is 0 Å². The van der Waals surface area contributed by atoms with Crippen molar-refractivity contribution in [2.45, 2.75) is 37.8 Å². The predicted molar refractivity (Wildman–Crippen MR) is 90.7 cm³/mol. The van der Waals surface area contributed by atoms with Crippen LogP contribution >= 0.6 is 0 Å². The number of nitrogens with zero attached hydrogens (tertiary/aromatic N) is 1. The first-order valence-electron chi connectivity index (χ1n) is 8.31. The van der Waals surface area contributed by atoms with Crippen LogP contribution in [0.4, 0.5) is 0 Å². The second-order valence-corrected chi connectivity index (χ2v) is 6.95. The van der Waals surface area contributed by atoms with Gasteiger partial charge in [-0.25, -0.2) is 0 Å². The van der Waals surface area contributed by atoms with Gasteiger partial charge in [0.25, 0.3) is 0 Å². The average Bonchev–Trinajstić information content (AvgIpc) is 3.23. The van der Waals surface area contributed by atoms with Crippen molar-refractivity contribution in [3.05, 3.63) is 70.8 Å². The molecule has 2 heteroatoms. The molecule has 2 aliphatic rings. The molecule has 0 aromatic heterocycles. The number of aryl methyl sites for hydroxylation is 1. The molecule has 4 rings (SSSR count). The van der Waals surface area contributed by atoms with Crippen LogP contribution in [0.15, 0.2) is 48.5 Å². The second-order valence-electron chi connectivity index (χ2n) is 6.95. The molecule has 2 aromatic carbocycles. The zero-order valence-electron chi connectivity index (χ0n) is 13.3. The van der Waals surface area contributed by atoms with Gasteiger partial charge in [-0.2, -0.15) is 0 Å². The minimum atomic E-state index is 0.366. The highest BCUT2D eigenvalue weighted by Crippen LogP contribution is 2.50. The maximum Gasteiger partial charge on any atom is 0.0477 e. The first kappa shape index (κ1) is 14.0. The lowest BCUT2D eigenvalue weighted by Gasteiger charge is -2.29. The van der Waals surface area contributed by atoms with Gasteiger partial charge in [-0.1, -0.05) is 48.5 Å². The van der Waals surface area contributed by atoms with Crippen molar-refractivity contribution >= 4 is 0 Å². The summed E-state index contributed by atoms with van der Waals surface area (Å²) in [6.07, 6.45) is 2.61. The summed E-state index contributed by atoms with van der Waals surface area (Å²) in [5, 5.41) is 0. The number of hydrogen-bond donors (Lipinski definition) is 1. The lowest BCUT2D eigenvalue weighted by molar-refractivity contribution is 0.199. The Balaban J connectivity index is 1.61. The molecule has 2 N–H and O–H groups in total. The van der Waals surface area contributed by atoms with Crippen LogP contribution in [0.1, 0.15) is 41.1 Å². The highest BCUT2D eigenvalue weighted by molar-refractivity contribution is 5.41. The van der Waals surface area contributed by atoms with E-state index in [1.807, 2.05) is 0 Å². The Kier molecular flexibility index (Phi) is 3.32. The Morgan fingerprint density at radius 1 is 1.09 bits per heavy atom. The van der Waals surface area contributed by atoms with Crippen molar-refractivity contribution in [2.75, 3.05) is 13.1 Å². The van der Waals surface area contributed by atoms with Gasteiger partial charge in [0, 0.05) is 31.1 Å². The van der Waals surface area contributed by atoms with E-state index < -0.39 is 0 Å². The SMILES string of the molecule is Cc1cccc2c1CN(CC1(c3ccccc3)CC1)C2CN. The summed E-state index contributed by atoms with van der Waals surface area (Å²) >= 11 is 0. The molecule has 1 saturated carbocycles. The van der Waals surface area contributed by atoms with Gasteiger partial charge in [-0.15, -0.1) is 0 Å². The molecule has 1 unspecified atom stereocenters. The van der Waals surface area contributed by atoms with Gasteiger partial charge in [0.2, 0.25) is 0 Å². The molecule has 0 saturated heterocycles. The molecular weight excluding hydrogens is 268 g/mol. The van der Waals surface area contributed by atoms with E-state index in [1.54, 1.807) is 0 Å². The molecule has 0 radical (unpaired) electrons. The molecule has 22 heavy (non-hydrogen) atoms. The van der Waals surface area contributed by atoms with Gasteiger partial charge < -0.3 is 5.73 Å². The monoisotopic (exact) mass is 292 g/mol. The fourth-order valence-corrected chi connectivity index (χ4v) is 4.07. The van der Waals surface area contributed by atoms with Gasteiger partial charge in [0.05, 0.1) is 0 Å². The quantitative estimate of drug-likeness (QED) is 0.934. The first-order valence-corrected chi connectivity index (χ1v) is 8.31. The van der Waals surface area contributed by atoms with Crippen molar-refractivity contribution in [1.29, 1.82) is 0 Å². The molecule has 1 heterocycles. The topological polar surface area (TPSA) is 29.3 Å². The standard InChI is InChI=1S/C20H24N2/c1-15-6-5-9-17-18(15)13-22(19(17)12-21)14-20(10-11-20)16-7-3-2-4-8-16/h2-9,19H,10-14,21H2,1H3. The Hall–Kier alpha value is -1.64. The summed E-state index contributed by atoms with van der Waals surface area (Å²) < 4.78 is 0. The van der Waals surface area contributed by atoms with Crippen molar-refractivity contribution in [3.8, 4) is 0 Å². The zero-order chi connectivity index (χ0) is 15.2. The smallest absolute Gasteiger partial charge is 0.0477 e. The van der Waals surface area contributed by atoms with E-state index >= 15 is 0 Å². The van der Waals surface area contributed by atoms with Crippen LogP contribution in [-0.2, 0) is 12.0 Å². The predicted octanol–water partition coefficient (Wildman–Crippen LogP) is 3.54. The Morgan fingerprint density at radius 2 is 1.86 bits per heavy atom. The highest BCUT2D eigenvalue weighted by Gasteiger charge is 2.47. The largest absolute Gasteiger partial charge is 0.329 e. The van der Waals surface area contributed by atoms with E-state index in [1.165, 1.54) is 35.1 Å². The van der Waals surface area contributed by atoms with Crippen molar-refractivity contribution in [3.63, 3.8) is 0 Å². The Bertz CT molecular complexity index is 673. The van der Waals surface area contributed by atoms with E-state index in [-0.39, 0.29) is 0 Å². The maximum absolute atomic E-state index is 6.13. The van der Waals surface area contributed by atoms with Crippen LogP contribution in [0, 0.1) is 6.92 Å². The van der Waals surface area contributed by atoms with Crippen LogP contribution in [-0.4, -0.2) is 18.0 Å². The third-order valence-electron chi connectivity index (χ3n) is 5.58. The minimum absolute atomic E-state index is 0.366. The van der Waals surface area contributed by atoms with Gasteiger partial charge >= 0.3 is 0 Å². The number of rotatable bonds is 4. The van der Waals surface area contributed by atoms with Crippen LogP contribution in [0.5, 0.6) is 0 Å². The molecule has 2 nitrogen and oxygen atoms in total. The fourth-order valence-electron chi connectivity index (χ4n) is 4.07. The van der Waals surface area contributed by atoms with E-state index in [4.69, 9.17) is 5.73 Å². The molecule has 0 amide bonds. The second kappa shape index (κ2) is 5.22. The normalized spacial score (nSPS) is 22.5. The molecule has 0 bridgehead atoms. The molecule has 1 aliphatic carbocycles. The van der Waals surface area contributed by atoms with Gasteiger partial charge in [0.15, 0.2) is 0 Å². The summed E-state index contributed by atoms with van der Waals surface area (Å²) in [4.78, 5) is 2.61. The third kappa shape index (κ3) is 2.18. The number of nitrogens with two attached hydrogens (primary N) is 1. The Morgan fingerprint density at radius 3 is 2.55 bits per heavy atom. The first-order chi connectivity index (χ1) is 10.7. The fraction of sp³-hybridized carbons (Fsp3) is 0.400. The summed E-state index contributed by atoms with van der Waals surface area (Å²) in [7, 11) is 0. The lowest BCUT2D eigenvalue weighted by atomic mass is 9.95. The Labute approximate surface area is 132 Å². The van der Waals surface area contributed by atoms with Crippen LogP contribution in [0.2, 0.25) is 0 Å². The zero-order valence-corrected chi connectivity index (χ0v) is 13.3. The van der Waals surface area contributed by atoms with Crippen LogP contribution in [0.25, 0.3) is 0 Å². The van der Waals surface area contributed by atoms with Crippen molar-refractivity contribution in [1.82, 2.24) is 4.90 Å². The van der Waals surface area contributed by atoms with Crippen LogP contribution < -0.4 is 5.73 Å². The van der Waals surface area contributed by atoms with Crippen molar-refractivity contribution in [2.24, 2.45) is 5.73 Å². The molecule has 0 spiro atoms. The van der Waals surface area contributed by atoms with E-state index in [9.17, 15) is 0 Å². The van der Waals surface area contributed by atoms with Gasteiger partial charge in [-0.3, -0.25) is 4.90 Å². The van der Waals surface area contributed by atoms with Crippen LogP contribution in [0.3, 0.4) is 0 Å². The molecule has 114 valence electrons. The number of fused-ring (bicyclic) bond motifs is 1. The van der Waals surface area contributed by atoms with Crippen molar-refractivity contribution < 1.29 is 0 Å². The molecule has 1 fully saturated rings. The van der Waals surface area contributed by atoms with E-state index in [2.05, 4.69) is 60.4 Å². The van der Waals surface area contributed by atoms with E-state index in [0.29, 0.717) is 18.0 Å². The summed E-state index contributed by atoms with van der Waals surface area (Å²) in [6, 6.07) is 18.1. The average molecular weight is 292 g/mol. The summed E-state index contributed by atoms with van der Waals surface area (Å²) in [5.74, 6) is 0. The van der Waals surface area contributed by atoms with Gasteiger partial charge in [-0.05, 0) is 42.0 Å². The number of benzene rings is 2. The van der Waals surface area contributed by atoms with E-state index in [0.717, 1.165) is 13.1 Å². The minimum Gasteiger partial charge on any atom is -0.329 e. The molecule has 1 aliphatic heterocycles. The molecule has 1 atom stereocenters. The lowest BCUT2D eigenvalue weighted by Crippen LogP contribution is -2.34. The third-order valence-corrected chi connectivity index (χ3v) is 5.58. The highest BCUT2D eigenvalue weighted by atomic mass is 15.2.